The van der Waals surface area contributed by atoms with Gasteiger partial charge < -0.3 is 5.11 Å². The van der Waals surface area contributed by atoms with Gasteiger partial charge in [-0.2, -0.15) is 0 Å². The fourth-order valence-electron chi connectivity index (χ4n) is 2.75. The first-order valence-electron chi connectivity index (χ1n) is 7.25. The van der Waals surface area contributed by atoms with Crippen LogP contribution in [0.3, 0.4) is 0 Å². The lowest BCUT2D eigenvalue weighted by molar-refractivity contribution is -0.143. The van der Waals surface area contributed by atoms with Gasteiger partial charge in [0.25, 0.3) is 0 Å². The van der Waals surface area contributed by atoms with Crippen molar-refractivity contribution in [3.8, 4) is 0 Å². The van der Waals surface area contributed by atoms with Gasteiger partial charge in [0.05, 0.1) is 0 Å². The van der Waals surface area contributed by atoms with E-state index in [0.29, 0.717) is 0 Å². The Hall–Kier alpha value is -1.35. The Kier molecular flexibility index (Phi) is 4.97. The van der Waals surface area contributed by atoms with Gasteiger partial charge in [0.2, 0.25) is 0 Å². The molecular weight excluding hydrogens is 238 g/mol. The SMILES string of the molecule is CCc1ccc(CN2CCCCCC2C(=O)O)cc1. The first-order valence-corrected chi connectivity index (χ1v) is 7.25. The van der Waals surface area contributed by atoms with E-state index in [0.717, 1.165) is 45.2 Å². The van der Waals surface area contributed by atoms with Crippen molar-refractivity contribution in [1.29, 1.82) is 0 Å². The van der Waals surface area contributed by atoms with Crippen molar-refractivity contribution < 1.29 is 9.90 Å². The number of carbonyl (C=O) groups is 1. The lowest BCUT2D eigenvalue weighted by Gasteiger charge is -2.26. The fourth-order valence-corrected chi connectivity index (χ4v) is 2.75. The molecule has 1 saturated heterocycles. The van der Waals surface area contributed by atoms with E-state index in [1.807, 2.05) is 0 Å². The number of carboxylic acid groups (broad SMARTS) is 1. The van der Waals surface area contributed by atoms with Crippen LogP contribution in [0, 0.1) is 0 Å². The topological polar surface area (TPSA) is 40.5 Å². The number of rotatable bonds is 4. The number of likely N-dealkylation sites (tertiary alicyclic amines) is 1. The van der Waals surface area contributed by atoms with E-state index in [-0.39, 0.29) is 6.04 Å². The average Bonchev–Trinajstić information content (AvgIpc) is 2.65. The molecule has 1 fully saturated rings. The van der Waals surface area contributed by atoms with Crippen LogP contribution in [0.15, 0.2) is 24.3 Å². The maximum Gasteiger partial charge on any atom is 0.320 e. The van der Waals surface area contributed by atoms with Gasteiger partial charge in [-0.1, -0.05) is 44.0 Å². The monoisotopic (exact) mass is 261 g/mol. The zero-order valence-electron chi connectivity index (χ0n) is 11.6. The number of nitrogens with zero attached hydrogens (tertiary/aromatic N) is 1. The summed E-state index contributed by atoms with van der Waals surface area (Å²) in [6.07, 6.45) is 5.11. The molecule has 1 aliphatic heterocycles. The molecule has 0 aromatic heterocycles. The van der Waals surface area contributed by atoms with Crippen LogP contribution in [-0.4, -0.2) is 28.6 Å². The van der Waals surface area contributed by atoms with Crippen molar-refractivity contribution in [2.75, 3.05) is 6.54 Å². The maximum atomic E-state index is 11.4. The smallest absolute Gasteiger partial charge is 0.320 e. The number of hydrogen-bond donors (Lipinski definition) is 1. The van der Waals surface area contributed by atoms with Crippen LogP contribution < -0.4 is 0 Å². The minimum atomic E-state index is -0.674. The van der Waals surface area contributed by atoms with E-state index >= 15 is 0 Å². The molecule has 2 rings (SSSR count). The maximum absolute atomic E-state index is 11.4. The lowest BCUT2D eigenvalue weighted by Crippen LogP contribution is -2.40. The van der Waals surface area contributed by atoms with Crippen LogP contribution in [0.1, 0.15) is 43.7 Å². The molecule has 0 spiro atoms. The summed E-state index contributed by atoms with van der Waals surface area (Å²) in [6, 6.07) is 8.23. The Balaban J connectivity index is 2.06. The molecule has 104 valence electrons. The number of hydrogen-bond acceptors (Lipinski definition) is 2. The Morgan fingerprint density at radius 3 is 2.53 bits per heavy atom. The second-order valence-electron chi connectivity index (χ2n) is 5.34. The first kappa shape index (κ1) is 14.1. The van der Waals surface area contributed by atoms with Crippen LogP contribution in [-0.2, 0) is 17.8 Å². The number of aliphatic carboxylic acids is 1. The third-order valence-electron chi connectivity index (χ3n) is 3.97. The van der Waals surface area contributed by atoms with E-state index in [4.69, 9.17) is 0 Å². The molecule has 0 bridgehead atoms. The summed E-state index contributed by atoms with van der Waals surface area (Å²) in [4.78, 5) is 13.5. The molecule has 1 aliphatic rings. The van der Waals surface area contributed by atoms with Gasteiger partial charge in [0.1, 0.15) is 6.04 Å². The van der Waals surface area contributed by atoms with E-state index < -0.39 is 5.97 Å². The Morgan fingerprint density at radius 2 is 1.89 bits per heavy atom. The van der Waals surface area contributed by atoms with Crippen LogP contribution in [0.5, 0.6) is 0 Å². The number of aryl methyl sites for hydroxylation is 1. The average molecular weight is 261 g/mol. The van der Waals surface area contributed by atoms with Crippen LogP contribution in [0.2, 0.25) is 0 Å². The van der Waals surface area contributed by atoms with Crippen molar-refractivity contribution >= 4 is 5.97 Å². The molecule has 1 unspecified atom stereocenters. The van der Waals surface area contributed by atoms with E-state index in [2.05, 4.69) is 36.1 Å². The normalized spacial score (nSPS) is 21.0. The minimum absolute atomic E-state index is 0.312. The van der Waals surface area contributed by atoms with Crippen LogP contribution in [0.25, 0.3) is 0 Å². The standard InChI is InChI=1S/C16H23NO2/c1-2-13-7-9-14(10-8-13)12-17-11-5-3-4-6-15(17)16(18)19/h7-10,15H,2-6,11-12H2,1H3,(H,18,19). The minimum Gasteiger partial charge on any atom is -0.480 e. The molecule has 3 heteroatoms. The summed E-state index contributed by atoms with van der Waals surface area (Å²) in [5.74, 6) is -0.674. The van der Waals surface area contributed by atoms with Crippen molar-refractivity contribution in [2.45, 2.75) is 51.6 Å². The quantitative estimate of drug-likeness (QED) is 0.905. The highest BCUT2D eigenvalue weighted by Gasteiger charge is 2.26. The fraction of sp³-hybridized carbons (Fsp3) is 0.562. The van der Waals surface area contributed by atoms with E-state index in [1.165, 1.54) is 11.1 Å². The highest BCUT2D eigenvalue weighted by atomic mass is 16.4. The summed E-state index contributed by atoms with van der Waals surface area (Å²) in [5, 5.41) is 9.35. The molecule has 1 aromatic carbocycles. The van der Waals surface area contributed by atoms with Gasteiger partial charge in [-0.25, -0.2) is 0 Å². The first-order chi connectivity index (χ1) is 9.20. The molecule has 19 heavy (non-hydrogen) atoms. The van der Waals surface area contributed by atoms with Crippen molar-refractivity contribution in [3.63, 3.8) is 0 Å². The van der Waals surface area contributed by atoms with Crippen molar-refractivity contribution in [1.82, 2.24) is 4.90 Å². The molecule has 0 amide bonds. The van der Waals surface area contributed by atoms with Crippen LogP contribution in [0.4, 0.5) is 0 Å². The third kappa shape index (κ3) is 3.80. The van der Waals surface area contributed by atoms with E-state index in [1.54, 1.807) is 0 Å². The molecule has 1 aromatic rings. The molecule has 1 heterocycles. The van der Waals surface area contributed by atoms with E-state index in [9.17, 15) is 9.90 Å². The second kappa shape index (κ2) is 6.71. The van der Waals surface area contributed by atoms with Crippen molar-refractivity contribution in [2.24, 2.45) is 0 Å². The summed E-state index contributed by atoms with van der Waals surface area (Å²) in [7, 11) is 0. The zero-order chi connectivity index (χ0) is 13.7. The Labute approximate surface area is 115 Å². The third-order valence-corrected chi connectivity index (χ3v) is 3.97. The van der Waals surface area contributed by atoms with Gasteiger partial charge >= 0.3 is 5.97 Å². The molecule has 0 radical (unpaired) electrons. The summed E-state index contributed by atoms with van der Waals surface area (Å²) >= 11 is 0. The van der Waals surface area contributed by atoms with Gasteiger partial charge in [-0.15, -0.1) is 0 Å². The molecule has 1 N–H and O–H groups in total. The summed E-state index contributed by atoms with van der Waals surface area (Å²) in [6.45, 7) is 3.79. The summed E-state index contributed by atoms with van der Waals surface area (Å²) in [5.41, 5.74) is 2.54. The van der Waals surface area contributed by atoms with Crippen molar-refractivity contribution in [3.05, 3.63) is 35.4 Å². The Bertz CT molecular complexity index is 413. The lowest BCUT2D eigenvalue weighted by atomic mass is 10.1. The Morgan fingerprint density at radius 1 is 1.21 bits per heavy atom. The molecule has 0 saturated carbocycles. The summed E-state index contributed by atoms with van der Waals surface area (Å²) < 4.78 is 0. The van der Waals surface area contributed by atoms with Gasteiger partial charge in [-0.3, -0.25) is 9.69 Å². The number of carboxylic acids is 1. The predicted octanol–water partition coefficient (Wildman–Crippen LogP) is 3.08. The number of benzene rings is 1. The zero-order valence-corrected chi connectivity index (χ0v) is 11.6. The van der Waals surface area contributed by atoms with Crippen LogP contribution >= 0.6 is 0 Å². The molecule has 3 nitrogen and oxygen atoms in total. The molecule has 1 atom stereocenters. The van der Waals surface area contributed by atoms with Gasteiger partial charge in [0, 0.05) is 6.54 Å². The largest absolute Gasteiger partial charge is 0.480 e. The highest BCUT2D eigenvalue weighted by molar-refractivity contribution is 5.73. The molecular formula is C16H23NO2. The second-order valence-corrected chi connectivity index (χ2v) is 5.34. The van der Waals surface area contributed by atoms with Gasteiger partial charge in [0.15, 0.2) is 0 Å². The highest BCUT2D eigenvalue weighted by Crippen LogP contribution is 2.19. The predicted molar refractivity (Wildman–Crippen MR) is 76.1 cm³/mol. The molecule has 0 aliphatic carbocycles. The van der Waals surface area contributed by atoms with Gasteiger partial charge in [-0.05, 0) is 36.9 Å².